The predicted octanol–water partition coefficient (Wildman–Crippen LogP) is 4.96. The number of hydrogen-bond donors (Lipinski definition) is 1. The van der Waals surface area contributed by atoms with Gasteiger partial charge in [-0.15, -0.1) is 0 Å². The van der Waals surface area contributed by atoms with Crippen molar-refractivity contribution in [3.8, 4) is 11.5 Å². The number of benzene rings is 1. The van der Waals surface area contributed by atoms with Gasteiger partial charge in [0.2, 0.25) is 0 Å². The number of fused-ring (bicyclic) bond motifs is 4. The van der Waals surface area contributed by atoms with Gasteiger partial charge in [-0.2, -0.15) is 0 Å². The van der Waals surface area contributed by atoms with Crippen molar-refractivity contribution in [2.45, 2.75) is 64.4 Å². The summed E-state index contributed by atoms with van der Waals surface area (Å²) < 4.78 is 6.30. The molecule has 0 amide bonds. The fraction of sp³-hybridized carbons (Fsp3) is 0.579. The van der Waals surface area contributed by atoms with Crippen molar-refractivity contribution in [2.24, 2.45) is 5.92 Å². The summed E-state index contributed by atoms with van der Waals surface area (Å²) in [5.41, 5.74) is 3.33. The Hall–Kier alpha value is -1.44. The van der Waals surface area contributed by atoms with Crippen LogP contribution < -0.4 is 4.74 Å². The number of aromatic hydroxyl groups is 1. The van der Waals surface area contributed by atoms with Crippen LogP contribution in [-0.4, -0.2) is 10.7 Å². The second kappa shape index (κ2) is 5.08. The number of allylic oxidation sites excluding steroid dienone is 1. The maximum absolute atomic E-state index is 10.5. The maximum Gasteiger partial charge on any atom is 0.127 e. The van der Waals surface area contributed by atoms with Gasteiger partial charge in [0.05, 0.1) is 0 Å². The molecule has 1 heterocycles. The van der Waals surface area contributed by atoms with Crippen molar-refractivity contribution in [3.63, 3.8) is 0 Å². The van der Waals surface area contributed by atoms with Crippen molar-refractivity contribution >= 4 is 0 Å². The zero-order valence-corrected chi connectivity index (χ0v) is 13.4. The summed E-state index contributed by atoms with van der Waals surface area (Å²) in [6.07, 6.45) is 5.21. The molecule has 2 heteroatoms. The summed E-state index contributed by atoms with van der Waals surface area (Å²) in [7, 11) is 0. The van der Waals surface area contributed by atoms with Gasteiger partial charge >= 0.3 is 0 Å². The first-order valence-electron chi connectivity index (χ1n) is 8.14. The van der Waals surface area contributed by atoms with Crippen LogP contribution >= 0.6 is 0 Å². The highest BCUT2D eigenvalue weighted by molar-refractivity contribution is 5.52. The van der Waals surface area contributed by atoms with E-state index in [2.05, 4.69) is 33.4 Å². The SMILES string of the molecule is C=C(C)[C@@H]1CCC2(C)C[C@H]1c1c(O)cc(CCC)cc1O2. The van der Waals surface area contributed by atoms with Crippen molar-refractivity contribution in [2.75, 3.05) is 0 Å². The highest BCUT2D eigenvalue weighted by Crippen LogP contribution is 2.55. The van der Waals surface area contributed by atoms with Gasteiger partial charge in [-0.3, -0.25) is 0 Å². The zero-order valence-electron chi connectivity index (χ0n) is 13.4. The molecule has 0 spiro atoms. The molecule has 114 valence electrons. The van der Waals surface area contributed by atoms with E-state index >= 15 is 0 Å². The van der Waals surface area contributed by atoms with Crippen LogP contribution in [0.15, 0.2) is 24.3 Å². The summed E-state index contributed by atoms with van der Waals surface area (Å²) in [5.74, 6) is 2.13. The molecule has 0 radical (unpaired) electrons. The topological polar surface area (TPSA) is 29.5 Å². The van der Waals surface area contributed by atoms with E-state index in [0.29, 0.717) is 17.6 Å². The molecular weight excluding hydrogens is 260 g/mol. The lowest BCUT2D eigenvalue weighted by Crippen LogP contribution is -2.44. The van der Waals surface area contributed by atoms with E-state index < -0.39 is 0 Å². The average Bonchev–Trinajstić information content (AvgIpc) is 2.37. The van der Waals surface area contributed by atoms with Crippen LogP contribution in [0.2, 0.25) is 0 Å². The molecular formula is C19H26O2. The van der Waals surface area contributed by atoms with Crippen LogP contribution in [0.1, 0.15) is 63.5 Å². The van der Waals surface area contributed by atoms with Gasteiger partial charge in [-0.25, -0.2) is 0 Å². The van der Waals surface area contributed by atoms with Gasteiger partial charge < -0.3 is 9.84 Å². The lowest BCUT2D eigenvalue weighted by molar-refractivity contribution is 0.00630. The molecule has 3 rings (SSSR count). The minimum absolute atomic E-state index is 0.0824. The lowest BCUT2D eigenvalue weighted by Gasteiger charge is -2.48. The van der Waals surface area contributed by atoms with Crippen LogP contribution in [0.3, 0.4) is 0 Å². The monoisotopic (exact) mass is 286 g/mol. The summed E-state index contributed by atoms with van der Waals surface area (Å²) >= 11 is 0. The molecule has 1 N–H and O–H groups in total. The van der Waals surface area contributed by atoms with Crippen LogP contribution in [0, 0.1) is 5.92 Å². The number of rotatable bonds is 3. The fourth-order valence-electron chi connectivity index (χ4n) is 4.18. The molecule has 1 aliphatic heterocycles. The Morgan fingerprint density at radius 3 is 2.90 bits per heavy atom. The van der Waals surface area contributed by atoms with Gasteiger partial charge in [0, 0.05) is 11.5 Å². The smallest absolute Gasteiger partial charge is 0.127 e. The van der Waals surface area contributed by atoms with Gasteiger partial charge in [-0.05, 0) is 63.1 Å². The van der Waals surface area contributed by atoms with Gasteiger partial charge in [0.15, 0.2) is 0 Å². The molecule has 1 fully saturated rings. The van der Waals surface area contributed by atoms with E-state index in [1.54, 1.807) is 0 Å². The third-order valence-electron chi connectivity index (χ3n) is 5.20. The molecule has 1 unspecified atom stereocenters. The number of phenolic OH excluding ortho intramolecular Hbond substituents is 1. The first-order chi connectivity index (χ1) is 9.93. The Bertz CT molecular complexity index is 575. The molecule has 1 aromatic rings. The molecule has 1 aromatic carbocycles. The second-order valence-electron chi connectivity index (χ2n) is 7.13. The van der Waals surface area contributed by atoms with Crippen LogP contribution in [0.5, 0.6) is 11.5 Å². The minimum Gasteiger partial charge on any atom is -0.508 e. The molecule has 2 nitrogen and oxygen atoms in total. The van der Waals surface area contributed by atoms with E-state index in [1.807, 2.05) is 6.07 Å². The van der Waals surface area contributed by atoms with E-state index in [-0.39, 0.29) is 5.60 Å². The predicted molar refractivity (Wildman–Crippen MR) is 86.0 cm³/mol. The first-order valence-corrected chi connectivity index (χ1v) is 8.14. The quantitative estimate of drug-likeness (QED) is 0.796. The Morgan fingerprint density at radius 2 is 2.24 bits per heavy atom. The maximum atomic E-state index is 10.5. The second-order valence-corrected chi connectivity index (χ2v) is 7.13. The molecule has 3 atom stereocenters. The van der Waals surface area contributed by atoms with E-state index in [1.165, 1.54) is 11.1 Å². The molecule has 2 bridgehead atoms. The van der Waals surface area contributed by atoms with Gasteiger partial charge in [0.25, 0.3) is 0 Å². The van der Waals surface area contributed by atoms with Crippen molar-refractivity contribution in [1.82, 2.24) is 0 Å². The largest absolute Gasteiger partial charge is 0.508 e. The summed E-state index contributed by atoms with van der Waals surface area (Å²) in [5, 5.41) is 10.5. The van der Waals surface area contributed by atoms with Gasteiger partial charge in [0.1, 0.15) is 17.1 Å². The summed E-state index contributed by atoms with van der Waals surface area (Å²) in [6.45, 7) is 10.7. The van der Waals surface area contributed by atoms with Crippen molar-refractivity contribution in [3.05, 3.63) is 35.4 Å². The average molecular weight is 286 g/mol. The first kappa shape index (κ1) is 14.5. The van der Waals surface area contributed by atoms with Crippen molar-refractivity contribution in [1.29, 1.82) is 0 Å². The van der Waals surface area contributed by atoms with E-state index in [0.717, 1.165) is 43.4 Å². The number of phenols is 1. The van der Waals surface area contributed by atoms with E-state index in [9.17, 15) is 5.11 Å². The highest BCUT2D eigenvalue weighted by Gasteiger charge is 2.46. The molecule has 2 aliphatic rings. The highest BCUT2D eigenvalue weighted by atomic mass is 16.5. The third-order valence-corrected chi connectivity index (χ3v) is 5.20. The normalized spacial score (nSPS) is 30.4. The Labute approximate surface area is 127 Å². The molecule has 0 saturated heterocycles. The standard InChI is InChI=1S/C19H26O2/c1-5-6-13-9-16(20)18-15-11-19(4,21-17(18)10-13)8-7-14(15)12(2)3/h9-10,14-15,20H,2,5-8,11H2,1,3-4H3/t14-,15+,19?/m0/s1. The van der Waals surface area contributed by atoms with Crippen LogP contribution in [0.25, 0.3) is 0 Å². The molecule has 1 aliphatic carbocycles. The Morgan fingerprint density at radius 1 is 1.48 bits per heavy atom. The molecule has 21 heavy (non-hydrogen) atoms. The summed E-state index contributed by atoms with van der Waals surface area (Å²) in [4.78, 5) is 0. The number of ether oxygens (including phenoxy) is 1. The minimum atomic E-state index is -0.0824. The summed E-state index contributed by atoms with van der Waals surface area (Å²) in [6, 6.07) is 4.07. The molecule has 1 saturated carbocycles. The van der Waals surface area contributed by atoms with E-state index in [4.69, 9.17) is 4.74 Å². The fourth-order valence-corrected chi connectivity index (χ4v) is 4.18. The van der Waals surface area contributed by atoms with Gasteiger partial charge in [-0.1, -0.05) is 25.5 Å². The third kappa shape index (κ3) is 2.45. The van der Waals surface area contributed by atoms with Crippen molar-refractivity contribution < 1.29 is 9.84 Å². The Balaban J connectivity index is 2.09. The number of aryl methyl sites for hydroxylation is 1. The number of hydrogen-bond acceptors (Lipinski definition) is 2. The van der Waals surface area contributed by atoms with Crippen LogP contribution in [0.4, 0.5) is 0 Å². The molecule has 0 aromatic heterocycles. The van der Waals surface area contributed by atoms with Crippen LogP contribution in [-0.2, 0) is 6.42 Å². The lowest BCUT2D eigenvalue weighted by atomic mass is 9.65. The zero-order chi connectivity index (χ0) is 15.2. The Kier molecular flexibility index (Phi) is 3.51.